The molecule has 1 aromatic heterocycles. The van der Waals surface area contributed by atoms with E-state index in [0.717, 1.165) is 49.6 Å². The average molecular weight is 380 g/mol. The van der Waals surface area contributed by atoms with E-state index in [9.17, 15) is 4.79 Å². The van der Waals surface area contributed by atoms with Gasteiger partial charge in [-0.3, -0.25) is 4.79 Å². The molecule has 0 fully saturated rings. The number of hydrogen-bond acceptors (Lipinski definition) is 1. The minimum atomic E-state index is -0.246. The molecule has 3 aromatic rings. The molecule has 0 saturated heterocycles. The number of carbonyl (C=O) groups excluding carboxylic acids is 1. The van der Waals surface area contributed by atoms with Crippen molar-refractivity contribution in [2.75, 3.05) is 5.88 Å². The third kappa shape index (κ3) is 3.10. The molecule has 0 aliphatic heterocycles. The van der Waals surface area contributed by atoms with Crippen LogP contribution in [-0.2, 0) is 13.0 Å². The minimum Gasteiger partial charge on any atom is -0.339 e. The van der Waals surface area contributed by atoms with Crippen molar-refractivity contribution in [1.29, 1.82) is 0 Å². The quantitative estimate of drug-likeness (QED) is 0.465. The molecule has 0 radical (unpaired) electrons. The number of alkyl halides is 1. The summed E-state index contributed by atoms with van der Waals surface area (Å²) in [4.78, 5) is 13.7. The number of aromatic nitrogens is 1. The molecule has 0 bridgehead atoms. The van der Waals surface area contributed by atoms with Crippen LogP contribution >= 0.6 is 11.6 Å². The van der Waals surface area contributed by atoms with Crippen LogP contribution in [-0.4, -0.2) is 16.2 Å². The molecule has 140 valence electrons. The lowest BCUT2D eigenvalue weighted by Crippen LogP contribution is -2.36. The SMILES string of the molecule is CCC1(CCCCl)CCc2c(c3ccccc3n2Cc2ccccc2)C1=O. The van der Waals surface area contributed by atoms with Gasteiger partial charge in [-0.25, -0.2) is 0 Å². The van der Waals surface area contributed by atoms with Crippen LogP contribution in [0, 0.1) is 5.41 Å². The van der Waals surface area contributed by atoms with Gasteiger partial charge in [-0.05, 0) is 43.7 Å². The highest BCUT2D eigenvalue weighted by atomic mass is 35.5. The first-order valence-electron chi connectivity index (χ1n) is 9.95. The van der Waals surface area contributed by atoms with Crippen molar-refractivity contribution in [2.45, 2.75) is 45.6 Å². The zero-order chi connectivity index (χ0) is 18.9. The van der Waals surface area contributed by atoms with Crippen LogP contribution in [0.15, 0.2) is 54.6 Å². The van der Waals surface area contributed by atoms with Crippen molar-refractivity contribution in [1.82, 2.24) is 4.57 Å². The van der Waals surface area contributed by atoms with Crippen LogP contribution in [0.5, 0.6) is 0 Å². The van der Waals surface area contributed by atoms with Crippen molar-refractivity contribution < 1.29 is 4.79 Å². The Morgan fingerprint density at radius 2 is 1.81 bits per heavy atom. The summed E-state index contributed by atoms with van der Waals surface area (Å²) in [6.45, 7) is 2.96. The molecule has 1 aliphatic rings. The number of carbonyl (C=O) groups is 1. The Kier molecular flexibility index (Phi) is 5.10. The van der Waals surface area contributed by atoms with Gasteiger partial charge in [0, 0.05) is 40.0 Å². The maximum absolute atomic E-state index is 13.7. The summed E-state index contributed by atoms with van der Waals surface area (Å²) in [6, 6.07) is 18.9. The maximum atomic E-state index is 13.7. The molecular formula is C24H26ClNO. The number of para-hydroxylation sites is 1. The van der Waals surface area contributed by atoms with Crippen molar-refractivity contribution in [2.24, 2.45) is 5.41 Å². The first kappa shape index (κ1) is 18.3. The molecule has 0 spiro atoms. The van der Waals surface area contributed by atoms with Crippen LogP contribution in [0.3, 0.4) is 0 Å². The molecule has 1 heterocycles. The normalized spacial score (nSPS) is 19.4. The van der Waals surface area contributed by atoms with Gasteiger partial charge in [0.05, 0.1) is 0 Å². The zero-order valence-electron chi connectivity index (χ0n) is 15.9. The van der Waals surface area contributed by atoms with Crippen LogP contribution in [0.1, 0.15) is 54.2 Å². The fourth-order valence-corrected chi connectivity index (χ4v) is 4.84. The average Bonchev–Trinajstić information content (AvgIpc) is 3.03. The van der Waals surface area contributed by atoms with Gasteiger partial charge >= 0.3 is 0 Å². The summed E-state index contributed by atoms with van der Waals surface area (Å²) >= 11 is 5.96. The van der Waals surface area contributed by atoms with Gasteiger partial charge in [-0.15, -0.1) is 11.6 Å². The standard InChI is InChI=1S/C24H26ClNO/c1-2-24(14-8-16-25)15-13-21-22(23(24)27)19-11-6-7-12-20(19)26(21)17-18-9-4-3-5-10-18/h3-7,9-12H,2,8,13-17H2,1H3. The highest BCUT2D eigenvalue weighted by Gasteiger charge is 2.43. The number of benzene rings is 2. The monoisotopic (exact) mass is 379 g/mol. The molecule has 3 heteroatoms. The van der Waals surface area contributed by atoms with E-state index in [2.05, 4.69) is 54.0 Å². The predicted octanol–water partition coefficient (Wildman–Crippen LogP) is 6.23. The smallest absolute Gasteiger partial charge is 0.171 e. The van der Waals surface area contributed by atoms with Crippen LogP contribution < -0.4 is 0 Å². The molecule has 4 rings (SSSR count). The van der Waals surface area contributed by atoms with Gasteiger partial charge in [-0.2, -0.15) is 0 Å². The number of Topliss-reactive ketones (excluding diaryl/α,β-unsaturated/α-hetero) is 1. The molecule has 2 aromatic carbocycles. The Bertz CT molecular complexity index is 959. The first-order chi connectivity index (χ1) is 13.2. The largest absolute Gasteiger partial charge is 0.339 e. The van der Waals surface area contributed by atoms with E-state index in [1.807, 2.05) is 12.1 Å². The van der Waals surface area contributed by atoms with E-state index in [-0.39, 0.29) is 5.41 Å². The second-order valence-corrected chi connectivity index (χ2v) is 8.04. The van der Waals surface area contributed by atoms with Crippen LogP contribution in [0.25, 0.3) is 10.9 Å². The second kappa shape index (κ2) is 7.52. The fourth-order valence-electron chi connectivity index (χ4n) is 4.71. The Hall–Kier alpha value is -2.06. The summed E-state index contributed by atoms with van der Waals surface area (Å²) in [5, 5.41) is 1.11. The lowest BCUT2D eigenvalue weighted by atomic mass is 9.67. The van der Waals surface area contributed by atoms with Crippen LogP contribution in [0.4, 0.5) is 0 Å². The van der Waals surface area contributed by atoms with E-state index in [0.29, 0.717) is 11.7 Å². The summed E-state index contributed by atoms with van der Waals surface area (Å²) < 4.78 is 2.36. The maximum Gasteiger partial charge on any atom is 0.171 e. The number of halogens is 1. The van der Waals surface area contributed by atoms with Gasteiger partial charge in [0.15, 0.2) is 5.78 Å². The zero-order valence-corrected chi connectivity index (χ0v) is 16.6. The Labute approximate surface area is 166 Å². The summed E-state index contributed by atoms with van der Waals surface area (Å²) in [6.07, 6.45) is 4.57. The molecule has 0 N–H and O–H groups in total. The van der Waals surface area contributed by atoms with Crippen molar-refractivity contribution >= 4 is 28.3 Å². The fraction of sp³-hybridized carbons (Fsp3) is 0.375. The second-order valence-electron chi connectivity index (χ2n) is 7.67. The highest BCUT2D eigenvalue weighted by molar-refractivity contribution is 6.18. The first-order valence-corrected chi connectivity index (χ1v) is 10.5. The molecule has 27 heavy (non-hydrogen) atoms. The molecule has 1 unspecified atom stereocenters. The highest BCUT2D eigenvalue weighted by Crippen LogP contribution is 2.45. The molecule has 2 nitrogen and oxygen atoms in total. The van der Waals surface area contributed by atoms with Crippen LogP contribution in [0.2, 0.25) is 0 Å². The summed E-state index contributed by atoms with van der Waals surface area (Å²) in [5.41, 5.74) is 4.36. The number of hydrogen-bond donors (Lipinski definition) is 0. The van der Waals surface area contributed by atoms with Gasteiger partial charge in [0.1, 0.15) is 0 Å². The van der Waals surface area contributed by atoms with Gasteiger partial charge in [0.25, 0.3) is 0 Å². The van der Waals surface area contributed by atoms with Gasteiger partial charge in [0.2, 0.25) is 0 Å². The summed E-state index contributed by atoms with van der Waals surface area (Å²) in [7, 11) is 0. The Morgan fingerprint density at radius 1 is 1.07 bits per heavy atom. The Balaban J connectivity index is 1.84. The molecule has 1 aliphatic carbocycles. The number of rotatable bonds is 6. The van der Waals surface area contributed by atoms with Gasteiger partial charge < -0.3 is 4.57 Å². The topological polar surface area (TPSA) is 22.0 Å². The van der Waals surface area contributed by atoms with E-state index in [1.54, 1.807) is 0 Å². The molecule has 0 saturated carbocycles. The number of ketones is 1. The third-order valence-corrected chi connectivity index (χ3v) is 6.54. The van der Waals surface area contributed by atoms with Crippen molar-refractivity contribution in [3.8, 4) is 0 Å². The Morgan fingerprint density at radius 3 is 2.56 bits per heavy atom. The van der Waals surface area contributed by atoms with E-state index >= 15 is 0 Å². The molecule has 1 atom stereocenters. The predicted molar refractivity (Wildman–Crippen MR) is 113 cm³/mol. The number of fused-ring (bicyclic) bond motifs is 3. The molecular weight excluding hydrogens is 354 g/mol. The minimum absolute atomic E-state index is 0.246. The van der Waals surface area contributed by atoms with E-state index in [1.165, 1.54) is 16.8 Å². The number of nitrogens with zero attached hydrogens (tertiary/aromatic N) is 1. The molecule has 0 amide bonds. The van der Waals surface area contributed by atoms with E-state index < -0.39 is 0 Å². The third-order valence-electron chi connectivity index (χ3n) is 6.28. The lowest BCUT2D eigenvalue weighted by molar-refractivity contribution is 0.0727. The van der Waals surface area contributed by atoms with E-state index in [4.69, 9.17) is 11.6 Å². The summed E-state index contributed by atoms with van der Waals surface area (Å²) in [5.74, 6) is 0.955. The van der Waals surface area contributed by atoms with Crippen molar-refractivity contribution in [3.05, 3.63) is 71.4 Å². The lowest BCUT2D eigenvalue weighted by Gasteiger charge is -2.35. The van der Waals surface area contributed by atoms with Gasteiger partial charge in [-0.1, -0.05) is 55.5 Å². The van der Waals surface area contributed by atoms with Crippen molar-refractivity contribution in [3.63, 3.8) is 0 Å².